The maximum absolute atomic E-state index is 13.0. The summed E-state index contributed by atoms with van der Waals surface area (Å²) in [7, 11) is 0. The van der Waals surface area contributed by atoms with Crippen LogP contribution in [0.3, 0.4) is 0 Å². The van der Waals surface area contributed by atoms with E-state index in [0.717, 1.165) is 10.0 Å². The van der Waals surface area contributed by atoms with Crippen molar-refractivity contribution in [1.29, 1.82) is 0 Å². The van der Waals surface area contributed by atoms with Crippen LogP contribution in [-0.2, 0) is 11.2 Å². The zero-order chi connectivity index (χ0) is 20.3. The van der Waals surface area contributed by atoms with Crippen LogP contribution in [0.2, 0.25) is 0 Å². The van der Waals surface area contributed by atoms with Crippen molar-refractivity contribution in [3.05, 3.63) is 64.4 Å². The molecule has 1 fully saturated rings. The number of hydrogen-bond acceptors (Lipinski definition) is 3. The zero-order valence-corrected chi connectivity index (χ0v) is 16.5. The van der Waals surface area contributed by atoms with Crippen LogP contribution in [0, 0.1) is 5.82 Å². The summed E-state index contributed by atoms with van der Waals surface area (Å²) in [5, 5.41) is 5.82. The van der Waals surface area contributed by atoms with Gasteiger partial charge in [-0.2, -0.15) is 5.01 Å². The number of carbonyl (C=O) groups excluding carboxylic acids is 3. The predicted octanol–water partition coefficient (Wildman–Crippen LogP) is 3.57. The fourth-order valence-electron chi connectivity index (χ4n) is 2.79. The molecule has 1 atom stereocenters. The molecule has 0 bridgehead atoms. The van der Waals surface area contributed by atoms with E-state index in [1.165, 1.54) is 12.1 Å². The van der Waals surface area contributed by atoms with Crippen LogP contribution in [0.1, 0.15) is 18.9 Å². The first kappa shape index (κ1) is 19.8. The molecule has 2 aromatic rings. The molecule has 1 heterocycles. The summed E-state index contributed by atoms with van der Waals surface area (Å²) >= 11 is 3.29. The Kier molecular flexibility index (Phi) is 5.64. The van der Waals surface area contributed by atoms with Gasteiger partial charge in [0, 0.05) is 10.2 Å². The van der Waals surface area contributed by atoms with Crippen LogP contribution in [0.4, 0.5) is 19.7 Å². The van der Waals surface area contributed by atoms with Crippen molar-refractivity contribution in [1.82, 2.24) is 15.8 Å². The molecule has 1 unspecified atom stereocenters. The molecule has 28 heavy (non-hydrogen) atoms. The van der Waals surface area contributed by atoms with Crippen molar-refractivity contribution in [2.75, 3.05) is 5.32 Å². The molecule has 9 heteroatoms. The number of anilines is 1. The van der Waals surface area contributed by atoms with E-state index in [0.29, 0.717) is 23.5 Å². The maximum atomic E-state index is 13.0. The first-order valence-corrected chi connectivity index (χ1v) is 9.30. The molecule has 5 amide bonds. The van der Waals surface area contributed by atoms with Gasteiger partial charge < -0.3 is 10.6 Å². The van der Waals surface area contributed by atoms with Crippen LogP contribution < -0.4 is 16.1 Å². The molecule has 2 aromatic carbocycles. The third-order valence-corrected chi connectivity index (χ3v) is 4.93. The Morgan fingerprint density at radius 1 is 1.14 bits per heavy atom. The summed E-state index contributed by atoms with van der Waals surface area (Å²) in [6.07, 6.45) is 0.761. The van der Waals surface area contributed by atoms with Gasteiger partial charge in [-0.25, -0.2) is 19.4 Å². The molecule has 0 radical (unpaired) electrons. The smallest absolute Gasteiger partial charge is 0.322 e. The Labute approximate surface area is 169 Å². The Morgan fingerprint density at radius 2 is 1.79 bits per heavy atom. The molecule has 0 aromatic heterocycles. The van der Waals surface area contributed by atoms with Gasteiger partial charge in [-0.15, -0.1) is 0 Å². The number of urea groups is 2. The molecule has 1 saturated heterocycles. The van der Waals surface area contributed by atoms with Crippen molar-refractivity contribution in [3.63, 3.8) is 0 Å². The van der Waals surface area contributed by atoms with Crippen LogP contribution in [-0.4, -0.2) is 28.5 Å². The van der Waals surface area contributed by atoms with Crippen LogP contribution in [0.15, 0.2) is 53.0 Å². The van der Waals surface area contributed by atoms with Crippen LogP contribution in [0.5, 0.6) is 0 Å². The lowest BCUT2D eigenvalue weighted by atomic mass is 9.93. The van der Waals surface area contributed by atoms with Gasteiger partial charge >= 0.3 is 12.1 Å². The van der Waals surface area contributed by atoms with Crippen LogP contribution in [0.25, 0.3) is 0 Å². The highest BCUT2D eigenvalue weighted by Gasteiger charge is 2.48. The third kappa shape index (κ3) is 4.48. The number of hydrogen-bond donors (Lipinski definition) is 3. The molecule has 0 saturated carbocycles. The second-order valence-corrected chi connectivity index (χ2v) is 7.52. The molecular formula is C19H18BrFN4O3. The van der Waals surface area contributed by atoms with Gasteiger partial charge in [0.25, 0.3) is 5.91 Å². The van der Waals surface area contributed by atoms with E-state index in [9.17, 15) is 18.8 Å². The van der Waals surface area contributed by atoms with Crippen molar-refractivity contribution in [2.45, 2.75) is 25.3 Å². The van der Waals surface area contributed by atoms with E-state index < -0.39 is 23.5 Å². The van der Waals surface area contributed by atoms with Crippen LogP contribution >= 0.6 is 15.9 Å². The average Bonchev–Trinajstić information content (AvgIpc) is 2.87. The summed E-state index contributed by atoms with van der Waals surface area (Å²) in [5.74, 6) is -0.905. The number of benzene rings is 2. The Bertz CT molecular complexity index is 904. The average molecular weight is 449 g/mol. The number of carbonyl (C=O) groups is 3. The van der Waals surface area contributed by atoms with Gasteiger partial charge in [0.2, 0.25) is 0 Å². The lowest BCUT2D eigenvalue weighted by Gasteiger charge is -2.21. The quantitative estimate of drug-likeness (QED) is 0.610. The minimum atomic E-state index is -1.17. The molecule has 0 aliphatic carbocycles. The molecule has 3 rings (SSSR count). The second kappa shape index (κ2) is 7.97. The van der Waals surface area contributed by atoms with E-state index >= 15 is 0 Å². The molecular weight excluding hydrogens is 431 g/mol. The van der Waals surface area contributed by atoms with E-state index in [1.54, 1.807) is 43.3 Å². The predicted molar refractivity (Wildman–Crippen MR) is 105 cm³/mol. The van der Waals surface area contributed by atoms with E-state index in [-0.39, 0.29) is 5.82 Å². The topological polar surface area (TPSA) is 90.5 Å². The summed E-state index contributed by atoms with van der Waals surface area (Å²) in [6, 6.07) is 11.3. The summed E-state index contributed by atoms with van der Waals surface area (Å²) < 4.78 is 13.9. The third-order valence-electron chi connectivity index (χ3n) is 4.40. The Hall–Kier alpha value is -2.94. The highest BCUT2D eigenvalue weighted by Crippen LogP contribution is 2.22. The number of aryl methyl sites for hydroxylation is 1. The van der Waals surface area contributed by atoms with Gasteiger partial charge in [0.1, 0.15) is 11.4 Å². The lowest BCUT2D eigenvalue weighted by Crippen LogP contribution is -2.50. The summed E-state index contributed by atoms with van der Waals surface area (Å²) in [5.41, 5.74) is 2.44. The summed E-state index contributed by atoms with van der Waals surface area (Å²) in [4.78, 5) is 37.0. The highest BCUT2D eigenvalue weighted by molar-refractivity contribution is 9.10. The lowest BCUT2D eigenvalue weighted by molar-refractivity contribution is -0.132. The van der Waals surface area contributed by atoms with Gasteiger partial charge in [-0.05, 0) is 61.7 Å². The molecule has 1 aliphatic rings. The van der Waals surface area contributed by atoms with Crippen molar-refractivity contribution >= 4 is 39.6 Å². The standard InChI is InChI=1S/C19H18BrFN4O3/c1-19(11-10-12-2-6-14(21)7-3-12)16(26)25(18(28)23-19)24-17(27)22-15-8-4-13(20)5-9-15/h2-9H,10-11H2,1H3,(H,23,28)(H2,22,24,27). The highest BCUT2D eigenvalue weighted by atomic mass is 79.9. The first-order chi connectivity index (χ1) is 13.3. The maximum Gasteiger partial charge on any atom is 0.344 e. The second-order valence-electron chi connectivity index (χ2n) is 6.60. The number of imide groups is 1. The first-order valence-electron chi connectivity index (χ1n) is 8.51. The number of nitrogens with zero attached hydrogens (tertiary/aromatic N) is 1. The van der Waals surface area contributed by atoms with Crippen molar-refractivity contribution in [3.8, 4) is 0 Å². The number of halogens is 2. The SMILES string of the molecule is CC1(CCc2ccc(F)cc2)NC(=O)N(NC(=O)Nc2ccc(Br)cc2)C1=O. The fourth-order valence-corrected chi connectivity index (χ4v) is 3.06. The van der Waals surface area contributed by atoms with Gasteiger partial charge in [-0.3, -0.25) is 4.79 Å². The summed E-state index contributed by atoms with van der Waals surface area (Å²) in [6.45, 7) is 1.59. The zero-order valence-electron chi connectivity index (χ0n) is 15.0. The van der Waals surface area contributed by atoms with Gasteiger partial charge in [-0.1, -0.05) is 28.1 Å². The molecule has 7 nitrogen and oxygen atoms in total. The number of rotatable bonds is 5. The molecule has 1 aliphatic heterocycles. The van der Waals surface area contributed by atoms with E-state index in [1.807, 2.05) is 0 Å². The minimum absolute atomic E-state index is 0.301. The van der Waals surface area contributed by atoms with Gasteiger partial charge in [0.05, 0.1) is 0 Å². The van der Waals surface area contributed by atoms with Gasteiger partial charge in [0.15, 0.2) is 0 Å². The Balaban J connectivity index is 1.60. The molecule has 3 N–H and O–H groups in total. The number of nitrogens with one attached hydrogen (secondary N) is 3. The van der Waals surface area contributed by atoms with E-state index in [4.69, 9.17) is 0 Å². The Morgan fingerprint density at radius 3 is 2.43 bits per heavy atom. The number of amides is 5. The number of hydrazine groups is 1. The van der Waals surface area contributed by atoms with Crippen molar-refractivity contribution < 1.29 is 18.8 Å². The fraction of sp³-hybridized carbons (Fsp3) is 0.211. The normalized spacial score (nSPS) is 18.8. The molecule has 0 spiro atoms. The minimum Gasteiger partial charge on any atom is -0.322 e. The largest absolute Gasteiger partial charge is 0.344 e. The van der Waals surface area contributed by atoms with Crippen molar-refractivity contribution in [2.24, 2.45) is 0 Å². The monoisotopic (exact) mass is 448 g/mol. The van der Waals surface area contributed by atoms with E-state index in [2.05, 4.69) is 32.0 Å². The molecule has 146 valence electrons.